The SMILES string of the molecule is S=C([S-])N1CCOCCOCCOCC1.S=C([S-])N1CCOCCOCCOCCOCC1.S=C([S-])N1CCOCCOCCOCCOCCOCC1.S=C([S-])NCC1COCCOCCOCCOCCO1.S=C([S-])NCC1COCCOCCOCCOCCOCCO1. The van der Waals surface area contributed by atoms with Crippen LogP contribution in [-0.2, 0) is 172 Å². The zero-order chi connectivity index (χ0) is 70.2. The fraction of sp³-hybridized carbons (Fsp3) is 0.915. The molecule has 2 unspecified atom stereocenters. The molecule has 2 atom stereocenters. The summed E-state index contributed by atoms with van der Waals surface area (Å²) in [7, 11) is 0. The quantitative estimate of drug-likeness (QED) is 0.285. The molecule has 38 heteroatoms. The van der Waals surface area contributed by atoms with Gasteiger partial charge in [0, 0.05) is 52.4 Å². The summed E-state index contributed by atoms with van der Waals surface area (Å²) >= 11 is 49.3. The molecule has 0 aliphatic carbocycles. The van der Waals surface area contributed by atoms with Gasteiger partial charge in [0.1, 0.15) is 0 Å². The molecule has 97 heavy (non-hydrogen) atoms. The lowest BCUT2D eigenvalue weighted by molar-refractivity contribution is -0.0584. The monoisotopic (exact) mass is 1570 g/mol. The van der Waals surface area contributed by atoms with Crippen LogP contribution in [0.2, 0.25) is 0 Å². The first-order valence-electron chi connectivity index (χ1n) is 32.6. The van der Waals surface area contributed by atoms with Crippen molar-refractivity contribution >= 4 is 146 Å². The van der Waals surface area contributed by atoms with Crippen molar-refractivity contribution in [1.29, 1.82) is 0 Å². The van der Waals surface area contributed by atoms with Gasteiger partial charge in [-0.2, -0.15) is 0 Å². The van der Waals surface area contributed by atoms with Crippen LogP contribution < -0.4 is 10.6 Å². The molecule has 0 radical (unpaired) electrons. The summed E-state index contributed by atoms with van der Waals surface area (Å²) < 4.78 is 127. The Morgan fingerprint density at radius 3 is 0.526 bits per heavy atom. The molecule has 28 nitrogen and oxygen atoms in total. The Kier molecular flexibility index (Phi) is 73.5. The van der Waals surface area contributed by atoms with Gasteiger partial charge in [-0.05, 0) is 0 Å². The molecule has 0 aromatic carbocycles. The average molecular weight is 1580 g/mol. The first-order chi connectivity index (χ1) is 47.5. The highest BCUT2D eigenvalue weighted by Gasteiger charge is 2.12. The maximum Gasteiger partial charge on any atom is 0.0980 e. The highest BCUT2D eigenvalue weighted by Crippen LogP contribution is 2.01. The van der Waals surface area contributed by atoms with Gasteiger partial charge in [0.25, 0.3) is 0 Å². The minimum atomic E-state index is -0.141. The van der Waals surface area contributed by atoms with E-state index in [1.807, 2.05) is 14.7 Å². The minimum Gasteiger partial charge on any atom is -0.412 e. The molecule has 0 bridgehead atoms. The molecular formula is C59H108N5O23S10-5. The molecule has 5 fully saturated rings. The lowest BCUT2D eigenvalue weighted by Gasteiger charge is -2.28. The molecule has 0 spiro atoms. The number of hydrogen-bond donors (Lipinski definition) is 2. The van der Waals surface area contributed by atoms with E-state index in [0.717, 1.165) is 13.1 Å². The topological polar surface area (TPSA) is 246 Å². The Bertz CT molecular complexity index is 1740. The second kappa shape index (κ2) is 75.3. The summed E-state index contributed by atoms with van der Waals surface area (Å²) in [5.74, 6) is 0. The van der Waals surface area contributed by atoms with Crippen LogP contribution in [0.15, 0.2) is 0 Å². The third kappa shape index (κ3) is 69.8. The maximum absolute atomic E-state index is 5.72. The fourth-order valence-electron chi connectivity index (χ4n) is 7.46. The maximum atomic E-state index is 5.72. The predicted molar refractivity (Wildman–Crippen MR) is 397 cm³/mol. The van der Waals surface area contributed by atoms with Gasteiger partial charge < -0.3 is 259 Å². The van der Waals surface area contributed by atoms with Crippen molar-refractivity contribution in [3.05, 3.63) is 0 Å². The van der Waals surface area contributed by atoms with E-state index in [0.29, 0.717) is 352 Å². The van der Waals surface area contributed by atoms with Crippen LogP contribution in [0, 0.1) is 0 Å². The van der Waals surface area contributed by atoms with Gasteiger partial charge in [-0.1, -0.05) is 21.6 Å². The van der Waals surface area contributed by atoms with E-state index in [1.165, 1.54) is 0 Å². The molecule has 0 aromatic heterocycles. The molecule has 5 heterocycles. The average Bonchev–Trinajstić information content (AvgIpc) is 3.67. The van der Waals surface area contributed by atoms with E-state index in [2.05, 4.69) is 10.6 Å². The molecule has 5 saturated heterocycles. The molecule has 0 aromatic rings. The molecule has 2 N–H and O–H groups in total. The van der Waals surface area contributed by atoms with Crippen molar-refractivity contribution in [2.24, 2.45) is 0 Å². The van der Waals surface area contributed by atoms with Gasteiger partial charge in [-0.15, -0.1) is 0 Å². The number of rotatable bonds is 4. The third-order valence-electron chi connectivity index (χ3n) is 12.5. The number of thiocarbonyl (C=S) groups is 5. The van der Waals surface area contributed by atoms with Crippen LogP contribution in [0.4, 0.5) is 0 Å². The van der Waals surface area contributed by atoms with E-state index in [-0.39, 0.29) is 12.2 Å². The van der Waals surface area contributed by atoms with E-state index in [9.17, 15) is 0 Å². The summed E-state index contributed by atoms with van der Waals surface area (Å²) in [6, 6.07) is 0. The van der Waals surface area contributed by atoms with Gasteiger partial charge in [0.15, 0.2) is 0 Å². The summed E-state index contributed by atoms with van der Waals surface area (Å²) in [6.45, 7) is 29.7. The van der Waals surface area contributed by atoms with Crippen LogP contribution in [0.25, 0.3) is 0 Å². The molecular weight excluding hydrogens is 1470 g/mol. The second-order valence-electron chi connectivity index (χ2n) is 19.9. The zero-order valence-electron chi connectivity index (χ0n) is 56.2. The van der Waals surface area contributed by atoms with Crippen LogP contribution in [-0.4, -0.2) is 392 Å². The largest absolute Gasteiger partial charge is 0.412 e. The van der Waals surface area contributed by atoms with Gasteiger partial charge in [-0.25, -0.2) is 0 Å². The van der Waals surface area contributed by atoms with Gasteiger partial charge in [-0.3, -0.25) is 0 Å². The molecule has 5 aliphatic rings. The van der Waals surface area contributed by atoms with E-state index >= 15 is 0 Å². The van der Waals surface area contributed by atoms with Gasteiger partial charge in [0.05, 0.1) is 303 Å². The van der Waals surface area contributed by atoms with Crippen molar-refractivity contribution in [1.82, 2.24) is 25.3 Å². The summed E-state index contributed by atoms with van der Waals surface area (Å²) in [4.78, 5) is 5.74. The standard InChI is InChI=1S/C14H27NO6S2.C13H25NO5S2.C12H23NO5S2.C11H21NO4S2.C9H17NO3S2/c22-14(23)15-11-13-12-20-8-7-18-4-3-16-1-2-17-5-6-19-9-10-21-13;20-13(21)14-1-3-15-5-7-17-9-11-19-12-10-18-8-6-16-4-2-14;19-12(20)13-9-11-10-17-6-5-15-2-1-14-3-4-16-7-8-18-11;17-11(18)12-1-3-13-5-7-15-9-10-16-8-6-14-4-2-12;14-9(15)10-1-3-11-5-7-13-8-6-12-4-2-10/h13H,1-12H2,(H2,15,22,23);1-12H2,(H,20,21);11H,1-10H2,(H2,13,19,20);1-10H2,(H,17,18);1-8H2,(H,14,15)/p-5. The third-order valence-corrected chi connectivity index (χ3v) is 14.6. The van der Waals surface area contributed by atoms with Crippen molar-refractivity contribution in [2.75, 3.05) is 343 Å². The predicted octanol–water partition coefficient (Wildman–Crippen LogP) is 0.363. The second-order valence-corrected chi connectivity index (χ2v) is 25.1. The van der Waals surface area contributed by atoms with Crippen molar-refractivity contribution < 1.29 is 109 Å². The molecule has 0 amide bonds. The molecule has 5 aliphatic heterocycles. The number of ether oxygens (including phenoxy) is 23. The fourth-order valence-corrected chi connectivity index (χ4v) is 8.89. The van der Waals surface area contributed by atoms with Crippen LogP contribution in [0.1, 0.15) is 0 Å². The Balaban J connectivity index is 0.000000610. The van der Waals surface area contributed by atoms with E-state index in [4.69, 9.17) is 233 Å². The van der Waals surface area contributed by atoms with E-state index < -0.39 is 0 Å². The zero-order valence-corrected chi connectivity index (χ0v) is 64.4. The smallest absolute Gasteiger partial charge is 0.0980 e. The first kappa shape index (κ1) is 94.6. The van der Waals surface area contributed by atoms with Gasteiger partial charge in [0.2, 0.25) is 0 Å². The highest BCUT2D eigenvalue weighted by atomic mass is 32.2. The Morgan fingerprint density at radius 2 is 0.371 bits per heavy atom. The number of hydrogen-bond acceptors (Lipinski definition) is 33. The van der Waals surface area contributed by atoms with Gasteiger partial charge >= 0.3 is 0 Å². The number of nitrogens with one attached hydrogen (secondary N) is 2. The molecule has 5 rings (SSSR count). The van der Waals surface area contributed by atoms with Crippen molar-refractivity contribution in [3.8, 4) is 0 Å². The lowest BCUT2D eigenvalue weighted by Crippen LogP contribution is -2.36. The van der Waals surface area contributed by atoms with Crippen LogP contribution in [0.5, 0.6) is 0 Å². The van der Waals surface area contributed by atoms with Crippen LogP contribution in [0.3, 0.4) is 0 Å². The lowest BCUT2D eigenvalue weighted by atomic mass is 10.4. The normalized spacial score (nSPS) is 22.9. The van der Waals surface area contributed by atoms with Crippen molar-refractivity contribution in [2.45, 2.75) is 12.2 Å². The summed E-state index contributed by atoms with van der Waals surface area (Å²) in [5, 5.41) is 5.82. The summed E-state index contributed by atoms with van der Waals surface area (Å²) in [6.07, 6.45) is -0.251. The summed E-state index contributed by atoms with van der Waals surface area (Å²) in [5.41, 5.74) is 0. The Morgan fingerprint density at radius 1 is 0.227 bits per heavy atom. The van der Waals surface area contributed by atoms with E-state index in [1.54, 1.807) is 0 Å². The molecule has 0 saturated carbocycles. The Hall–Kier alpha value is -0.370. The first-order valence-corrected chi connectivity index (χ1v) is 36.7. The van der Waals surface area contributed by atoms with Crippen molar-refractivity contribution in [3.63, 3.8) is 0 Å². The Labute approximate surface area is 630 Å². The molecule has 572 valence electrons. The highest BCUT2D eigenvalue weighted by molar-refractivity contribution is 8.01. The number of nitrogens with zero attached hydrogens (tertiary/aromatic N) is 3. The van der Waals surface area contributed by atoms with Crippen LogP contribution >= 0.6 is 61.1 Å². The minimum absolute atomic E-state index is 0.110.